The highest BCUT2D eigenvalue weighted by Gasteiger charge is 2.21. The Morgan fingerprint density at radius 2 is 2.00 bits per heavy atom. The smallest absolute Gasteiger partial charge is 0.0199 e. The Bertz CT molecular complexity index is 139. The van der Waals surface area contributed by atoms with Gasteiger partial charge in [0.1, 0.15) is 0 Å². The van der Waals surface area contributed by atoms with Gasteiger partial charge in [-0.25, -0.2) is 0 Å². The third kappa shape index (κ3) is 4.34. The first-order valence-electron chi connectivity index (χ1n) is 5.22. The Hall–Kier alpha value is 0.270. The molecule has 2 atom stereocenters. The van der Waals surface area contributed by atoms with Crippen LogP contribution in [0.2, 0.25) is 0 Å². The van der Waals surface area contributed by atoms with Crippen molar-refractivity contribution >= 4 is 11.8 Å². The Morgan fingerprint density at radius 3 is 2.62 bits per heavy atom. The normalized spacial score (nSPS) is 29.5. The van der Waals surface area contributed by atoms with Gasteiger partial charge in [-0.3, -0.25) is 0 Å². The zero-order chi connectivity index (χ0) is 9.68. The molecule has 2 unspecified atom stereocenters. The fourth-order valence-electron chi connectivity index (χ4n) is 1.72. The largest absolute Gasteiger partial charge is 0.327 e. The van der Waals surface area contributed by atoms with Crippen LogP contribution >= 0.6 is 11.8 Å². The summed E-state index contributed by atoms with van der Waals surface area (Å²) < 4.78 is 0. The van der Waals surface area contributed by atoms with Gasteiger partial charge < -0.3 is 10.6 Å². The number of thioether (sulfide) groups is 1. The van der Waals surface area contributed by atoms with E-state index in [1.54, 1.807) is 0 Å². The molecule has 0 amide bonds. The van der Waals surface area contributed by atoms with Gasteiger partial charge in [0.15, 0.2) is 0 Å². The Morgan fingerprint density at radius 1 is 1.31 bits per heavy atom. The van der Waals surface area contributed by atoms with Crippen LogP contribution in [0.15, 0.2) is 0 Å². The zero-order valence-electron chi connectivity index (χ0n) is 8.83. The SMILES string of the molecule is CN(C)CCSC1CCCCC1N. The summed E-state index contributed by atoms with van der Waals surface area (Å²) in [6.07, 6.45) is 5.29. The molecule has 0 bridgehead atoms. The maximum atomic E-state index is 6.06. The van der Waals surface area contributed by atoms with Crippen molar-refractivity contribution < 1.29 is 0 Å². The summed E-state index contributed by atoms with van der Waals surface area (Å²) in [6.45, 7) is 1.17. The third-order valence-electron chi connectivity index (χ3n) is 2.62. The summed E-state index contributed by atoms with van der Waals surface area (Å²) in [6, 6.07) is 0.459. The minimum atomic E-state index is 0.459. The van der Waals surface area contributed by atoms with E-state index >= 15 is 0 Å². The first-order valence-corrected chi connectivity index (χ1v) is 6.27. The highest BCUT2D eigenvalue weighted by Crippen LogP contribution is 2.27. The minimum Gasteiger partial charge on any atom is -0.327 e. The van der Waals surface area contributed by atoms with Crippen LogP contribution in [0.4, 0.5) is 0 Å². The van der Waals surface area contributed by atoms with Gasteiger partial charge in [-0.1, -0.05) is 12.8 Å². The lowest BCUT2D eigenvalue weighted by atomic mass is 9.96. The van der Waals surface area contributed by atoms with Crippen molar-refractivity contribution in [1.29, 1.82) is 0 Å². The molecule has 0 aromatic rings. The van der Waals surface area contributed by atoms with Gasteiger partial charge in [0.25, 0.3) is 0 Å². The maximum absolute atomic E-state index is 6.06. The van der Waals surface area contributed by atoms with Crippen LogP contribution in [0.3, 0.4) is 0 Å². The Balaban J connectivity index is 2.11. The molecular weight excluding hydrogens is 180 g/mol. The first-order chi connectivity index (χ1) is 6.20. The number of nitrogens with zero attached hydrogens (tertiary/aromatic N) is 1. The molecule has 0 aliphatic heterocycles. The standard InChI is InChI=1S/C10H22N2S/c1-12(2)7-8-13-10-6-4-3-5-9(10)11/h9-10H,3-8,11H2,1-2H3. The lowest BCUT2D eigenvalue weighted by Crippen LogP contribution is -2.36. The summed E-state index contributed by atoms with van der Waals surface area (Å²) in [7, 11) is 4.25. The van der Waals surface area contributed by atoms with E-state index in [1.807, 2.05) is 0 Å². The van der Waals surface area contributed by atoms with Crippen molar-refractivity contribution in [3.8, 4) is 0 Å². The third-order valence-corrected chi connectivity index (χ3v) is 4.06. The van der Waals surface area contributed by atoms with E-state index in [0.717, 1.165) is 5.25 Å². The lowest BCUT2D eigenvalue weighted by molar-refractivity contribution is 0.432. The van der Waals surface area contributed by atoms with Crippen LogP contribution in [-0.2, 0) is 0 Å². The van der Waals surface area contributed by atoms with E-state index in [2.05, 4.69) is 30.8 Å². The molecule has 1 aliphatic rings. The highest BCUT2D eigenvalue weighted by atomic mass is 32.2. The van der Waals surface area contributed by atoms with Crippen LogP contribution in [-0.4, -0.2) is 42.6 Å². The molecule has 0 aromatic heterocycles. The number of hydrogen-bond donors (Lipinski definition) is 1. The molecule has 2 nitrogen and oxygen atoms in total. The zero-order valence-corrected chi connectivity index (χ0v) is 9.65. The van der Waals surface area contributed by atoms with Crippen molar-refractivity contribution in [2.24, 2.45) is 5.73 Å². The fourth-order valence-corrected chi connectivity index (χ4v) is 3.21. The monoisotopic (exact) mass is 202 g/mol. The van der Waals surface area contributed by atoms with Crippen LogP contribution in [0.1, 0.15) is 25.7 Å². The van der Waals surface area contributed by atoms with Gasteiger partial charge >= 0.3 is 0 Å². The van der Waals surface area contributed by atoms with E-state index in [1.165, 1.54) is 38.0 Å². The van der Waals surface area contributed by atoms with Crippen molar-refractivity contribution in [3.63, 3.8) is 0 Å². The topological polar surface area (TPSA) is 29.3 Å². The molecule has 2 N–H and O–H groups in total. The van der Waals surface area contributed by atoms with Gasteiger partial charge in [-0.05, 0) is 26.9 Å². The molecular formula is C10H22N2S. The maximum Gasteiger partial charge on any atom is 0.0199 e. The average molecular weight is 202 g/mol. The summed E-state index contributed by atoms with van der Waals surface area (Å²) in [5.74, 6) is 1.23. The summed E-state index contributed by atoms with van der Waals surface area (Å²) in [5.41, 5.74) is 6.06. The number of hydrogen-bond acceptors (Lipinski definition) is 3. The first kappa shape index (κ1) is 11.3. The summed E-state index contributed by atoms with van der Waals surface area (Å²) in [4.78, 5) is 2.24. The van der Waals surface area contributed by atoms with E-state index in [0.29, 0.717) is 6.04 Å². The van der Waals surface area contributed by atoms with Crippen LogP contribution in [0.25, 0.3) is 0 Å². The average Bonchev–Trinajstić information content (AvgIpc) is 2.08. The van der Waals surface area contributed by atoms with Crippen LogP contribution < -0.4 is 5.73 Å². The minimum absolute atomic E-state index is 0.459. The second kappa shape index (κ2) is 5.89. The molecule has 1 fully saturated rings. The van der Waals surface area contributed by atoms with Gasteiger partial charge in [-0.2, -0.15) is 11.8 Å². The molecule has 78 valence electrons. The highest BCUT2D eigenvalue weighted by molar-refractivity contribution is 8.00. The van der Waals surface area contributed by atoms with Crippen LogP contribution in [0.5, 0.6) is 0 Å². The Kier molecular flexibility index (Phi) is 5.14. The van der Waals surface area contributed by atoms with E-state index < -0.39 is 0 Å². The van der Waals surface area contributed by atoms with Crippen molar-refractivity contribution in [2.75, 3.05) is 26.4 Å². The molecule has 0 aromatic carbocycles. The van der Waals surface area contributed by atoms with Crippen LogP contribution in [0, 0.1) is 0 Å². The molecule has 1 saturated carbocycles. The van der Waals surface area contributed by atoms with Gasteiger partial charge in [0.05, 0.1) is 0 Å². The van der Waals surface area contributed by atoms with E-state index in [4.69, 9.17) is 5.73 Å². The fraction of sp³-hybridized carbons (Fsp3) is 1.00. The molecule has 0 radical (unpaired) electrons. The molecule has 0 spiro atoms. The predicted octanol–water partition coefficient (Wildman–Crippen LogP) is 1.55. The van der Waals surface area contributed by atoms with E-state index in [9.17, 15) is 0 Å². The quantitative estimate of drug-likeness (QED) is 0.750. The summed E-state index contributed by atoms with van der Waals surface area (Å²) >= 11 is 2.07. The second-order valence-corrected chi connectivity index (χ2v) is 5.51. The molecule has 0 saturated heterocycles. The molecule has 1 aliphatic carbocycles. The van der Waals surface area contributed by atoms with Gasteiger partial charge in [-0.15, -0.1) is 0 Å². The summed E-state index contributed by atoms with van der Waals surface area (Å²) in [5, 5.41) is 0.730. The second-order valence-electron chi connectivity index (χ2n) is 4.16. The van der Waals surface area contributed by atoms with Gasteiger partial charge in [0, 0.05) is 23.6 Å². The Labute approximate surface area is 86.2 Å². The predicted molar refractivity (Wildman–Crippen MR) is 61.2 cm³/mol. The molecule has 3 heteroatoms. The number of nitrogens with two attached hydrogens (primary N) is 1. The van der Waals surface area contributed by atoms with Gasteiger partial charge in [0.2, 0.25) is 0 Å². The molecule has 0 heterocycles. The molecule has 1 rings (SSSR count). The number of rotatable bonds is 4. The van der Waals surface area contributed by atoms with Crippen molar-refractivity contribution in [1.82, 2.24) is 4.90 Å². The van der Waals surface area contributed by atoms with Crippen molar-refractivity contribution in [2.45, 2.75) is 37.0 Å². The molecule has 13 heavy (non-hydrogen) atoms. The van der Waals surface area contributed by atoms with E-state index in [-0.39, 0.29) is 0 Å². The van der Waals surface area contributed by atoms with Crippen molar-refractivity contribution in [3.05, 3.63) is 0 Å². The lowest BCUT2D eigenvalue weighted by Gasteiger charge is -2.28.